The van der Waals surface area contributed by atoms with E-state index in [1.165, 1.54) is 6.08 Å². The van der Waals surface area contributed by atoms with Gasteiger partial charge in [-0.15, -0.1) is 0 Å². The van der Waals surface area contributed by atoms with E-state index in [0.29, 0.717) is 46.0 Å². The number of ether oxygens (including phenoxy) is 2. The highest BCUT2D eigenvalue weighted by molar-refractivity contribution is 6.07. The molecule has 0 atom stereocenters. The molecule has 0 N–H and O–H groups in total. The molecule has 5 rings (SSSR count). The van der Waals surface area contributed by atoms with Gasteiger partial charge in [0.15, 0.2) is 5.78 Å². The molecule has 0 unspecified atom stereocenters. The number of rotatable bonds is 8. The number of furan rings is 1. The van der Waals surface area contributed by atoms with Crippen LogP contribution in [0.1, 0.15) is 39.0 Å². The van der Waals surface area contributed by atoms with Gasteiger partial charge in [-0.25, -0.2) is 4.79 Å². The molecule has 5 nitrogen and oxygen atoms in total. The van der Waals surface area contributed by atoms with Gasteiger partial charge in [0.25, 0.3) is 0 Å². The van der Waals surface area contributed by atoms with Crippen molar-refractivity contribution in [3.8, 4) is 22.6 Å². The van der Waals surface area contributed by atoms with Crippen LogP contribution < -0.4 is 9.47 Å². The summed E-state index contributed by atoms with van der Waals surface area (Å²) in [6, 6.07) is 29.9. The number of aryl methyl sites for hydroxylation is 1. The number of esters is 1. The Balaban J connectivity index is 1.25. The maximum atomic E-state index is 13.0. The lowest BCUT2D eigenvalue weighted by atomic mass is 10.0. The summed E-state index contributed by atoms with van der Waals surface area (Å²) in [5, 5.41) is 0.647. The lowest BCUT2D eigenvalue weighted by Gasteiger charge is -2.05. The first-order valence-corrected chi connectivity index (χ1v) is 12.4. The summed E-state index contributed by atoms with van der Waals surface area (Å²) in [5.74, 6) is 0.937. The fourth-order valence-corrected chi connectivity index (χ4v) is 4.24. The molecule has 0 bridgehead atoms. The molecule has 5 aromatic rings. The summed E-state index contributed by atoms with van der Waals surface area (Å²) >= 11 is 0. The molecular formula is C33H26O5. The Hall–Kier alpha value is -4.90. The Morgan fingerprint density at radius 1 is 0.816 bits per heavy atom. The minimum atomic E-state index is -0.507. The number of hydrogen-bond acceptors (Lipinski definition) is 5. The van der Waals surface area contributed by atoms with Crippen LogP contribution >= 0.6 is 0 Å². The normalized spacial score (nSPS) is 11.1. The molecule has 0 spiro atoms. The van der Waals surface area contributed by atoms with Crippen LogP contribution in [0.25, 0.3) is 28.2 Å². The third-order valence-electron chi connectivity index (χ3n) is 6.14. The molecule has 1 heterocycles. The molecule has 0 saturated carbocycles. The van der Waals surface area contributed by atoms with Crippen LogP contribution in [-0.4, -0.2) is 18.4 Å². The van der Waals surface area contributed by atoms with Crippen molar-refractivity contribution < 1.29 is 23.5 Å². The topological polar surface area (TPSA) is 65.7 Å². The highest BCUT2D eigenvalue weighted by Gasteiger charge is 2.21. The average molecular weight is 503 g/mol. The predicted octanol–water partition coefficient (Wildman–Crippen LogP) is 7.92. The summed E-state index contributed by atoms with van der Waals surface area (Å²) in [6.45, 7) is 4.16. The van der Waals surface area contributed by atoms with Crippen LogP contribution in [0.3, 0.4) is 0 Å². The molecule has 0 saturated heterocycles. The molecule has 0 amide bonds. The van der Waals surface area contributed by atoms with E-state index in [-0.39, 0.29) is 5.78 Å². The second-order valence-electron chi connectivity index (χ2n) is 8.72. The van der Waals surface area contributed by atoms with Crippen molar-refractivity contribution in [3.63, 3.8) is 0 Å². The summed E-state index contributed by atoms with van der Waals surface area (Å²) < 4.78 is 16.9. The van der Waals surface area contributed by atoms with Crippen molar-refractivity contribution >= 4 is 28.8 Å². The fourth-order valence-electron chi connectivity index (χ4n) is 4.24. The number of fused-ring (bicyclic) bond motifs is 1. The molecule has 4 aromatic carbocycles. The molecule has 1 aromatic heterocycles. The first kappa shape index (κ1) is 24.8. The van der Waals surface area contributed by atoms with Crippen LogP contribution in [0.5, 0.6) is 11.5 Å². The Morgan fingerprint density at radius 2 is 1.50 bits per heavy atom. The highest BCUT2D eigenvalue weighted by Crippen LogP contribution is 2.30. The van der Waals surface area contributed by atoms with Crippen molar-refractivity contribution in [2.75, 3.05) is 6.61 Å². The summed E-state index contributed by atoms with van der Waals surface area (Å²) in [7, 11) is 0. The van der Waals surface area contributed by atoms with Crippen LogP contribution in [0.15, 0.2) is 108 Å². The van der Waals surface area contributed by atoms with Crippen LogP contribution in [0, 0.1) is 6.92 Å². The van der Waals surface area contributed by atoms with Gasteiger partial charge in [-0.2, -0.15) is 0 Å². The standard InChI is InChI=1S/C33H26O5/c1-3-36-28-18-20-31-29(21-28)32(22(2)37-31)33(35)38-27-16-9-23(10-17-27)11-19-30(34)26-14-12-25(13-15-26)24-7-5-4-6-8-24/h4-21H,3H2,1-2H3/b19-11+. The van der Waals surface area contributed by atoms with Crippen molar-refractivity contribution in [2.45, 2.75) is 13.8 Å². The molecular weight excluding hydrogens is 476 g/mol. The van der Waals surface area contributed by atoms with E-state index in [4.69, 9.17) is 13.9 Å². The molecule has 188 valence electrons. The van der Waals surface area contributed by atoms with Gasteiger partial charge in [-0.1, -0.05) is 72.8 Å². The Bertz CT molecular complexity index is 1610. The second-order valence-corrected chi connectivity index (χ2v) is 8.72. The van der Waals surface area contributed by atoms with Gasteiger partial charge in [0.2, 0.25) is 0 Å². The highest BCUT2D eigenvalue weighted by atomic mass is 16.5. The number of ketones is 1. The van der Waals surface area contributed by atoms with Crippen LogP contribution in [-0.2, 0) is 0 Å². The second kappa shape index (κ2) is 11.0. The number of hydrogen-bond donors (Lipinski definition) is 0. The zero-order valence-electron chi connectivity index (χ0n) is 21.1. The summed E-state index contributed by atoms with van der Waals surface area (Å²) in [4.78, 5) is 25.6. The van der Waals surface area contributed by atoms with E-state index in [9.17, 15) is 9.59 Å². The minimum absolute atomic E-state index is 0.0890. The Labute approximate surface area is 220 Å². The quantitative estimate of drug-likeness (QED) is 0.0933. The Morgan fingerprint density at radius 3 is 2.21 bits per heavy atom. The lowest BCUT2D eigenvalue weighted by Crippen LogP contribution is -2.09. The molecule has 5 heteroatoms. The smallest absolute Gasteiger partial charge is 0.347 e. The fraction of sp³-hybridized carbons (Fsp3) is 0.0909. The SMILES string of the molecule is CCOc1ccc2oc(C)c(C(=O)Oc3ccc(/C=C/C(=O)c4ccc(-c5ccccc5)cc4)cc3)c2c1. The molecule has 0 aliphatic heterocycles. The van der Waals surface area contributed by atoms with E-state index in [0.717, 1.165) is 16.7 Å². The van der Waals surface area contributed by atoms with Crippen LogP contribution in [0.4, 0.5) is 0 Å². The van der Waals surface area contributed by atoms with Gasteiger partial charge in [-0.05, 0) is 66.9 Å². The van der Waals surface area contributed by atoms with Gasteiger partial charge < -0.3 is 13.9 Å². The number of carbonyl (C=O) groups is 2. The summed E-state index contributed by atoms with van der Waals surface area (Å²) in [6.07, 6.45) is 3.28. The summed E-state index contributed by atoms with van der Waals surface area (Å²) in [5.41, 5.74) is 4.55. The van der Waals surface area contributed by atoms with E-state index >= 15 is 0 Å². The maximum absolute atomic E-state index is 13.0. The maximum Gasteiger partial charge on any atom is 0.347 e. The van der Waals surface area contributed by atoms with Gasteiger partial charge >= 0.3 is 5.97 Å². The van der Waals surface area contributed by atoms with E-state index in [1.807, 2.05) is 61.5 Å². The number of benzene rings is 4. The predicted molar refractivity (Wildman–Crippen MR) is 149 cm³/mol. The van der Waals surface area contributed by atoms with Crippen LogP contribution in [0.2, 0.25) is 0 Å². The molecule has 0 radical (unpaired) electrons. The average Bonchev–Trinajstić information content (AvgIpc) is 3.28. The molecule has 0 fully saturated rings. The number of carbonyl (C=O) groups excluding carboxylic acids is 2. The molecule has 38 heavy (non-hydrogen) atoms. The minimum Gasteiger partial charge on any atom is -0.494 e. The van der Waals surface area contributed by atoms with E-state index in [2.05, 4.69) is 0 Å². The van der Waals surface area contributed by atoms with Gasteiger partial charge in [-0.3, -0.25) is 4.79 Å². The zero-order valence-corrected chi connectivity index (χ0v) is 21.1. The molecule has 0 aliphatic rings. The third-order valence-corrected chi connectivity index (χ3v) is 6.14. The Kier molecular flexibility index (Phi) is 7.18. The van der Waals surface area contributed by atoms with Gasteiger partial charge in [0.1, 0.15) is 28.4 Å². The van der Waals surface area contributed by atoms with Crippen molar-refractivity contribution in [3.05, 3.63) is 126 Å². The van der Waals surface area contributed by atoms with E-state index < -0.39 is 5.97 Å². The van der Waals surface area contributed by atoms with E-state index in [1.54, 1.807) is 55.5 Å². The van der Waals surface area contributed by atoms with Crippen molar-refractivity contribution in [1.29, 1.82) is 0 Å². The number of allylic oxidation sites excluding steroid dienone is 1. The zero-order chi connectivity index (χ0) is 26.5. The van der Waals surface area contributed by atoms with Crippen molar-refractivity contribution in [2.24, 2.45) is 0 Å². The third kappa shape index (κ3) is 5.42. The molecule has 0 aliphatic carbocycles. The van der Waals surface area contributed by atoms with Gasteiger partial charge in [0, 0.05) is 10.9 Å². The lowest BCUT2D eigenvalue weighted by molar-refractivity contribution is 0.0734. The monoisotopic (exact) mass is 502 g/mol. The first-order chi connectivity index (χ1) is 18.5. The first-order valence-electron chi connectivity index (χ1n) is 12.4. The van der Waals surface area contributed by atoms with Crippen molar-refractivity contribution in [1.82, 2.24) is 0 Å². The van der Waals surface area contributed by atoms with Gasteiger partial charge in [0.05, 0.1) is 6.61 Å². The largest absolute Gasteiger partial charge is 0.494 e.